The quantitative estimate of drug-likeness (QED) is 0.397. The number of aromatic nitrogens is 7. The summed E-state index contributed by atoms with van der Waals surface area (Å²) in [6, 6.07) is 7.61. The maximum atomic E-state index is 13.7. The van der Waals surface area contributed by atoms with E-state index in [0.29, 0.717) is 38.8 Å². The van der Waals surface area contributed by atoms with Gasteiger partial charge in [0.1, 0.15) is 18.0 Å². The fourth-order valence-electron chi connectivity index (χ4n) is 4.89. The average molecular weight is 444 g/mol. The van der Waals surface area contributed by atoms with E-state index in [1.807, 2.05) is 11.9 Å². The van der Waals surface area contributed by atoms with Crippen LogP contribution in [-0.4, -0.2) is 42.2 Å². The van der Waals surface area contributed by atoms with E-state index in [1.165, 1.54) is 24.7 Å². The molecule has 0 saturated heterocycles. The number of likely N-dealkylation sites (N-methyl/N-ethyl adjacent to an activating group) is 1. The van der Waals surface area contributed by atoms with Gasteiger partial charge in [-0.15, -0.1) is 0 Å². The second-order valence-electron chi connectivity index (χ2n) is 8.07. The van der Waals surface area contributed by atoms with Gasteiger partial charge in [-0.2, -0.15) is 15.3 Å². The SMILES string of the molecule is CN1c2cc3c(=O)[nH]ncc3c3c(=O)[nH]nc(c23)C(c2ncnn2C)C1c1ccc(F)cc1. The molecule has 4 heterocycles. The standard InChI is InChI=1S/C22H17FN8O2/c1-30-14-7-12-13(8-25-28-21(12)32)15-16(14)18(27-29-22(15)33)17(20-24-9-26-31(20)2)19(30)10-3-5-11(23)6-4-10/h3-9,17,19H,1-2H3,(H,28,32)(H,29,33). The molecule has 164 valence electrons. The zero-order valence-corrected chi connectivity index (χ0v) is 17.6. The Labute approximate surface area is 184 Å². The second kappa shape index (κ2) is 6.79. The van der Waals surface area contributed by atoms with E-state index in [4.69, 9.17) is 0 Å². The number of rotatable bonds is 2. The van der Waals surface area contributed by atoms with Crippen molar-refractivity contribution in [3.8, 4) is 0 Å². The highest BCUT2D eigenvalue weighted by Gasteiger charge is 2.41. The minimum absolute atomic E-state index is 0.336. The van der Waals surface area contributed by atoms with Gasteiger partial charge in [-0.25, -0.2) is 19.6 Å². The van der Waals surface area contributed by atoms with Crippen molar-refractivity contribution in [1.29, 1.82) is 0 Å². The highest BCUT2D eigenvalue weighted by atomic mass is 19.1. The van der Waals surface area contributed by atoms with Crippen LogP contribution in [0.2, 0.25) is 0 Å². The van der Waals surface area contributed by atoms with Gasteiger partial charge in [-0.1, -0.05) is 12.1 Å². The maximum absolute atomic E-state index is 13.7. The minimum Gasteiger partial charge on any atom is -0.366 e. The Morgan fingerprint density at radius 1 is 1.00 bits per heavy atom. The summed E-state index contributed by atoms with van der Waals surface area (Å²) in [7, 11) is 3.66. The molecule has 0 radical (unpaired) electrons. The van der Waals surface area contributed by atoms with E-state index in [0.717, 1.165) is 5.56 Å². The highest BCUT2D eigenvalue weighted by molar-refractivity contribution is 6.13. The molecule has 6 rings (SSSR count). The Morgan fingerprint density at radius 2 is 1.79 bits per heavy atom. The lowest BCUT2D eigenvalue weighted by Crippen LogP contribution is -2.36. The van der Waals surface area contributed by atoms with Gasteiger partial charge in [-0.05, 0) is 23.8 Å². The Morgan fingerprint density at radius 3 is 2.52 bits per heavy atom. The van der Waals surface area contributed by atoms with Gasteiger partial charge >= 0.3 is 0 Å². The number of aryl methyl sites for hydroxylation is 1. The molecule has 3 aromatic heterocycles. The Balaban J connectivity index is 1.77. The molecule has 0 fully saturated rings. The molecule has 1 aliphatic heterocycles. The third-order valence-electron chi connectivity index (χ3n) is 6.36. The van der Waals surface area contributed by atoms with Crippen LogP contribution < -0.4 is 16.0 Å². The number of anilines is 1. The number of nitrogens with zero attached hydrogens (tertiary/aromatic N) is 6. The predicted molar refractivity (Wildman–Crippen MR) is 119 cm³/mol. The summed E-state index contributed by atoms with van der Waals surface area (Å²) < 4.78 is 15.4. The van der Waals surface area contributed by atoms with E-state index >= 15 is 0 Å². The summed E-state index contributed by atoms with van der Waals surface area (Å²) in [5.41, 5.74) is 1.26. The van der Waals surface area contributed by atoms with Crippen molar-refractivity contribution in [2.75, 3.05) is 11.9 Å². The van der Waals surface area contributed by atoms with Crippen molar-refractivity contribution in [2.24, 2.45) is 7.05 Å². The van der Waals surface area contributed by atoms with Gasteiger partial charge in [0.25, 0.3) is 11.1 Å². The Bertz CT molecular complexity index is 1670. The lowest BCUT2D eigenvalue weighted by molar-refractivity contribution is 0.518. The molecular weight excluding hydrogens is 427 g/mol. The molecule has 2 atom stereocenters. The van der Waals surface area contributed by atoms with Crippen LogP contribution in [0.3, 0.4) is 0 Å². The van der Waals surface area contributed by atoms with Gasteiger partial charge in [0, 0.05) is 30.6 Å². The molecule has 2 unspecified atom stereocenters. The molecule has 0 amide bonds. The van der Waals surface area contributed by atoms with Crippen molar-refractivity contribution >= 4 is 27.2 Å². The van der Waals surface area contributed by atoms with Gasteiger partial charge in [-0.3, -0.25) is 14.3 Å². The van der Waals surface area contributed by atoms with E-state index in [-0.39, 0.29) is 11.9 Å². The third kappa shape index (κ3) is 2.65. The smallest absolute Gasteiger partial charge is 0.272 e. The molecular formula is C22H17FN8O2. The predicted octanol–water partition coefficient (Wildman–Crippen LogP) is 1.75. The largest absolute Gasteiger partial charge is 0.366 e. The van der Waals surface area contributed by atoms with Crippen LogP contribution in [0.25, 0.3) is 21.5 Å². The van der Waals surface area contributed by atoms with E-state index in [1.54, 1.807) is 29.9 Å². The molecule has 0 bridgehead atoms. The monoisotopic (exact) mass is 444 g/mol. The number of benzene rings is 2. The molecule has 0 spiro atoms. The van der Waals surface area contributed by atoms with Crippen LogP contribution in [0.5, 0.6) is 0 Å². The molecule has 33 heavy (non-hydrogen) atoms. The van der Waals surface area contributed by atoms with Crippen LogP contribution >= 0.6 is 0 Å². The van der Waals surface area contributed by atoms with E-state index in [9.17, 15) is 14.0 Å². The number of hydrogen-bond acceptors (Lipinski definition) is 7. The van der Waals surface area contributed by atoms with Gasteiger partial charge in [0.05, 0.1) is 34.6 Å². The summed E-state index contributed by atoms with van der Waals surface area (Å²) in [5, 5.41) is 19.3. The number of fused-ring (bicyclic) bond motifs is 2. The topological polar surface area (TPSA) is 125 Å². The first-order valence-corrected chi connectivity index (χ1v) is 10.2. The first-order valence-electron chi connectivity index (χ1n) is 10.2. The number of hydrogen-bond donors (Lipinski definition) is 2. The molecule has 2 aromatic carbocycles. The first kappa shape index (κ1) is 19.3. The van der Waals surface area contributed by atoms with Crippen molar-refractivity contribution in [3.63, 3.8) is 0 Å². The van der Waals surface area contributed by atoms with Crippen LogP contribution in [-0.2, 0) is 7.05 Å². The van der Waals surface area contributed by atoms with E-state index in [2.05, 4.69) is 30.5 Å². The lowest BCUT2D eigenvalue weighted by atomic mass is 9.81. The van der Waals surface area contributed by atoms with Crippen molar-refractivity contribution in [2.45, 2.75) is 12.0 Å². The highest BCUT2D eigenvalue weighted by Crippen LogP contribution is 2.49. The molecule has 5 aromatic rings. The summed E-state index contributed by atoms with van der Waals surface area (Å²) >= 11 is 0. The van der Waals surface area contributed by atoms with Crippen LogP contribution in [0.15, 0.2) is 52.4 Å². The Hall–Kier alpha value is -4.41. The minimum atomic E-state index is -0.438. The lowest BCUT2D eigenvalue weighted by Gasteiger charge is -2.40. The van der Waals surface area contributed by atoms with Crippen molar-refractivity contribution < 1.29 is 4.39 Å². The van der Waals surface area contributed by atoms with Crippen molar-refractivity contribution in [1.82, 2.24) is 35.2 Å². The number of nitrogens with one attached hydrogen (secondary N) is 2. The fraction of sp³-hybridized carbons (Fsp3) is 0.182. The molecule has 2 N–H and O–H groups in total. The molecule has 10 nitrogen and oxygen atoms in total. The summed E-state index contributed by atoms with van der Waals surface area (Å²) in [5.74, 6) is -0.151. The van der Waals surface area contributed by atoms with Crippen LogP contribution in [0.4, 0.5) is 10.1 Å². The summed E-state index contributed by atoms with van der Waals surface area (Å²) in [4.78, 5) is 32.0. The molecule has 0 aliphatic carbocycles. The van der Waals surface area contributed by atoms with Crippen LogP contribution in [0.1, 0.15) is 29.0 Å². The zero-order chi connectivity index (χ0) is 22.9. The second-order valence-corrected chi connectivity index (χ2v) is 8.07. The Kier molecular flexibility index (Phi) is 3.97. The molecule has 11 heteroatoms. The third-order valence-corrected chi connectivity index (χ3v) is 6.36. The zero-order valence-electron chi connectivity index (χ0n) is 17.6. The summed E-state index contributed by atoms with van der Waals surface area (Å²) in [6.07, 6.45) is 2.93. The van der Waals surface area contributed by atoms with Gasteiger partial charge in [0.2, 0.25) is 0 Å². The molecule has 0 saturated carbocycles. The normalized spacial score (nSPS) is 17.7. The summed E-state index contributed by atoms with van der Waals surface area (Å²) in [6.45, 7) is 0. The number of H-pyrrole nitrogens is 2. The van der Waals surface area contributed by atoms with Gasteiger partial charge < -0.3 is 4.90 Å². The van der Waals surface area contributed by atoms with Crippen LogP contribution in [0, 0.1) is 5.82 Å². The first-order chi connectivity index (χ1) is 16.0. The fourth-order valence-corrected chi connectivity index (χ4v) is 4.89. The number of aromatic amines is 2. The van der Waals surface area contributed by atoms with E-state index < -0.39 is 17.0 Å². The average Bonchev–Trinajstić information content (AvgIpc) is 3.23. The van der Waals surface area contributed by atoms with Crippen molar-refractivity contribution in [3.05, 3.63) is 86.5 Å². The maximum Gasteiger partial charge on any atom is 0.272 e. The molecule has 1 aliphatic rings. The van der Waals surface area contributed by atoms with Gasteiger partial charge in [0.15, 0.2) is 0 Å². The number of halogens is 1.